The van der Waals surface area contributed by atoms with E-state index in [0.29, 0.717) is 12.0 Å². The van der Waals surface area contributed by atoms with E-state index in [1.54, 1.807) is 6.07 Å². The normalized spacial score (nSPS) is 19.7. The lowest BCUT2D eigenvalue weighted by atomic mass is 10.1. The highest BCUT2D eigenvalue weighted by molar-refractivity contribution is 7.91. The molecule has 0 saturated carbocycles. The number of ether oxygens (including phenoxy) is 1. The fourth-order valence-electron chi connectivity index (χ4n) is 2.79. The van der Waals surface area contributed by atoms with Gasteiger partial charge in [-0.2, -0.15) is 0 Å². The molecule has 1 aromatic rings. The second-order valence-corrected chi connectivity index (χ2v) is 10.2. The number of Topliss-reactive ketones (excluding diaryl/α,β-unsaturated/α-hetero) is 1. The van der Waals surface area contributed by atoms with E-state index in [9.17, 15) is 22.8 Å². The van der Waals surface area contributed by atoms with Crippen LogP contribution in [-0.4, -0.2) is 49.7 Å². The summed E-state index contributed by atoms with van der Waals surface area (Å²) in [4.78, 5) is 38.0. The molecule has 1 aromatic heterocycles. The third-order valence-electron chi connectivity index (χ3n) is 4.15. The van der Waals surface area contributed by atoms with Crippen molar-refractivity contribution in [2.75, 3.05) is 11.5 Å². The summed E-state index contributed by atoms with van der Waals surface area (Å²) in [5.74, 6) is -1.33. The molecule has 1 fully saturated rings. The first-order chi connectivity index (χ1) is 12.1. The lowest BCUT2D eigenvalue weighted by molar-refractivity contribution is -0.154. The van der Waals surface area contributed by atoms with Crippen LogP contribution in [0.4, 0.5) is 0 Å². The van der Waals surface area contributed by atoms with Crippen LogP contribution < -0.4 is 5.32 Å². The molecule has 2 rings (SSSR count). The number of hydrogen-bond acceptors (Lipinski definition) is 7. The minimum atomic E-state index is -3.10. The van der Waals surface area contributed by atoms with E-state index >= 15 is 0 Å². The van der Waals surface area contributed by atoms with Gasteiger partial charge in [0, 0.05) is 27.8 Å². The van der Waals surface area contributed by atoms with Crippen molar-refractivity contribution in [2.24, 2.45) is 0 Å². The van der Waals surface area contributed by atoms with E-state index in [1.807, 2.05) is 13.8 Å². The van der Waals surface area contributed by atoms with Gasteiger partial charge in [-0.25, -0.2) is 8.42 Å². The van der Waals surface area contributed by atoms with Gasteiger partial charge < -0.3 is 10.1 Å². The number of rotatable bonds is 7. The van der Waals surface area contributed by atoms with E-state index < -0.39 is 33.9 Å². The molecule has 9 heteroatoms. The molecule has 1 saturated heterocycles. The first-order valence-electron chi connectivity index (χ1n) is 8.38. The van der Waals surface area contributed by atoms with E-state index in [2.05, 4.69) is 5.32 Å². The van der Waals surface area contributed by atoms with E-state index in [-0.39, 0.29) is 30.1 Å². The summed E-state index contributed by atoms with van der Waals surface area (Å²) in [6.45, 7) is 5.20. The topological polar surface area (TPSA) is 107 Å². The van der Waals surface area contributed by atoms with Gasteiger partial charge in [0.2, 0.25) is 0 Å². The van der Waals surface area contributed by atoms with Gasteiger partial charge in [0.25, 0.3) is 5.91 Å². The molecule has 7 nitrogen and oxygen atoms in total. The number of thiophene rings is 1. The zero-order chi connectivity index (χ0) is 19.5. The van der Waals surface area contributed by atoms with Gasteiger partial charge in [0.1, 0.15) is 0 Å². The molecule has 1 amide bonds. The number of sulfone groups is 1. The monoisotopic (exact) mass is 401 g/mol. The number of nitrogens with one attached hydrogen (secondary N) is 1. The fourth-order valence-corrected chi connectivity index (χ4v) is 5.41. The summed E-state index contributed by atoms with van der Waals surface area (Å²) in [6.07, 6.45) is -0.762. The van der Waals surface area contributed by atoms with Gasteiger partial charge >= 0.3 is 5.97 Å². The Labute approximate surface area is 157 Å². The van der Waals surface area contributed by atoms with Crippen LogP contribution >= 0.6 is 11.3 Å². The molecule has 2 heterocycles. The number of carbonyl (C=O) groups excluding carboxylic acids is 3. The maximum atomic E-state index is 12.2. The number of hydrogen-bond donors (Lipinski definition) is 1. The lowest BCUT2D eigenvalue weighted by Crippen LogP contribution is -2.42. The number of ketones is 1. The van der Waals surface area contributed by atoms with Gasteiger partial charge in [-0.1, -0.05) is 0 Å². The van der Waals surface area contributed by atoms with Crippen LogP contribution in [-0.2, 0) is 24.2 Å². The van der Waals surface area contributed by atoms with Crippen LogP contribution in [0, 0.1) is 13.8 Å². The van der Waals surface area contributed by atoms with Gasteiger partial charge in [0.05, 0.1) is 17.9 Å². The third-order valence-corrected chi connectivity index (χ3v) is 6.89. The first kappa shape index (κ1) is 20.6. The SMILES string of the molecule is Cc1cc(C(=O)CCC(=O)O[C@@H](C)C(=O)N[C@H]2CCS(=O)(=O)C2)c(C)s1. The molecule has 0 radical (unpaired) electrons. The van der Waals surface area contributed by atoms with Gasteiger partial charge in [-0.05, 0) is 33.3 Å². The fraction of sp³-hybridized carbons (Fsp3) is 0.588. The quantitative estimate of drug-likeness (QED) is 0.549. The van der Waals surface area contributed by atoms with Crippen molar-refractivity contribution in [1.29, 1.82) is 0 Å². The number of aryl methyl sites for hydroxylation is 2. The minimum absolute atomic E-state index is 0.0189. The second kappa shape index (κ2) is 8.30. The Morgan fingerprint density at radius 3 is 2.54 bits per heavy atom. The van der Waals surface area contributed by atoms with Crippen LogP contribution in [0.1, 0.15) is 46.3 Å². The van der Waals surface area contributed by atoms with E-state index in [4.69, 9.17) is 4.74 Å². The van der Waals surface area contributed by atoms with Gasteiger partial charge in [-0.3, -0.25) is 14.4 Å². The first-order valence-corrected chi connectivity index (χ1v) is 11.0. The van der Waals surface area contributed by atoms with Crippen molar-refractivity contribution in [2.45, 2.75) is 52.2 Å². The average Bonchev–Trinajstić information content (AvgIpc) is 3.05. The summed E-state index contributed by atoms with van der Waals surface area (Å²) in [5, 5.41) is 2.58. The summed E-state index contributed by atoms with van der Waals surface area (Å²) >= 11 is 1.53. The summed E-state index contributed by atoms with van der Waals surface area (Å²) < 4.78 is 27.8. The summed E-state index contributed by atoms with van der Waals surface area (Å²) in [5.41, 5.74) is 0.619. The minimum Gasteiger partial charge on any atom is -0.453 e. The zero-order valence-electron chi connectivity index (χ0n) is 15.0. The third kappa shape index (κ3) is 5.63. The molecular formula is C17H23NO6S2. The molecule has 1 aliphatic heterocycles. The van der Waals surface area contributed by atoms with Crippen LogP contribution in [0.3, 0.4) is 0 Å². The van der Waals surface area contributed by atoms with Gasteiger partial charge in [-0.15, -0.1) is 11.3 Å². The second-order valence-electron chi connectivity index (χ2n) is 6.49. The van der Waals surface area contributed by atoms with Crippen molar-refractivity contribution >= 4 is 38.8 Å². The van der Waals surface area contributed by atoms with Crippen LogP contribution in [0.25, 0.3) is 0 Å². The largest absolute Gasteiger partial charge is 0.453 e. The molecule has 0 aliphatic carbocycles. The van der Waals surface area contributed by atoms with Crippen molar-refractivity contribution < 1.29 is 27.5 Å². The molecule has 1 aliphatic rings. The highest BCUT2D eigenvalue weighted by atomic mass is 32.2. The molecule has 0 aromatic carbocycles. The molecule has 2 atom stereocenters. The smallest absolute Gasteiger partial charge is 0.307 e. The maximum absolute atomic E-state index is 12.2. The summed E-state index contributed by atoms with van der Waals surface area (Å²) in [6, 6.07) is 1.36. The molecular weight excluding hydrogens is 378 g/mol. The predicted octanol–water partition coefficient (Wildman–Crippen LogP) is 1.56. The van der Waals surface area contributed by atoms with E-state index in [0.717, 1.165) is 9.75 Å². The molecule has 26 heavy (non-hydrogen) atoms. The van der Waals surface area contributed by atoms with Crippen LogP contribution in [0.15, 0.2) is 6.07 Å². The van der Waals surface area contributed by atoms with Crippen LogP contribution in [0.2, 0.25) is 0 Å². The molecule has 0 bridgehead atoms. The molecule has 0 spiro atoms. The molecule has 144 valence electrons. The van der Waals surface area contributed by atoms with Crippen LogP contribution in [0.5, 0.6) is 0 Å². The Kier molecular flexibility index (Phi) is 6.57. The molecule has 1 N–H and O–H groups in total. The average molecular weight is 402 g/mol. The number of esters is 1. The van der Waals surface area contributed by atoms with E-state index in [1.165, 1.54) is 18.3 Å². The van der Waals surface area contributed by atoms with Crippen molar-refractivity contribution in [3.05, 3.63) is 21.4 Å². The molecule has 0 unspecified atom stereocenters. The highest BCUT2D eigenvalue weighted by Gasteiger charge is 2.30. The predicted molar refractivity (Wildman–Crippen MR) is 98.1 cm³/mol. The van der Waals surface area contributed by atoms with Crippen molar-refractivity contribution in [1.82, 2.24) is 5.32 Å². The van der Waals surface area contributed by atoms with Crippen molar-refractivity contribution in [3.8, 4) is 0 Å². The maximum Gasteiger partial charge on any atom is 0.307 e. The Morgan fingerprint density at radius 1 is 1.31 bits per heavy atom. The number of amides is 1. The highest BCUT2D eigenvalue weighted by Crippen LogP contribution is 2.22. The Morgan fingerprint density at radius 2 is 2.00 bits per heavy atom. The lowest BCUT2D eigenvalue weighted by Gasteiger charge is -2.16. The Balaban J connectivity index is 1.77. The Hall–Kier alpha value is -1.74. The zero-order valence-corrected chi connectivity index (χ0v) is 16.7. The van der Waals surface area contributed by atoms with Crippen molar-refractivity contribution in [3.63, 3.8) is 0 Å². The standard InChI is InChI=1S/C17H23NO6S2/c1-10-8-14(12(3)25-10)15(19)4-5-16(20)24-11(2)17(21)18-13-6-7-26(22,23)9-13/h8,11,13H,4-7,9H2,1-3H3,(H,18,21)/t11-,13-/m0/s1. The van der Waals surface area contributed by atoms with Gasteiger partial charge in [0.15, 0.2) is 21.7 Å². The summed E-state index contributed by atoms with van der Waals surface area (Å²) in [7, 11) is -3.10. The number of carbonyl (C=O) groups is 3. The Bertz CT molecular complexity index is 811.